The van der Waals surface area contributed by atoms with E-state index in [0.29, 0.717) is 24.5 Å². The van der Waals surface area contributed by atoms with Crippen molar-refractivity contribution < 1.29 is 14.3 Å². The van der Waals surface area contributed by atoms with Crippen LogP contribution in [0.15, 0.2) is 30.3 Å². The van der Waals surface area contributed by atoms with Gasteiger partial charge in [0.1, 0.15) is 12.4 Å². The van der Waals surface area contributed by atoms with E-state index >= 15 is 0 Å². The molecule has 7 nitrogen and oxygen atoms in total. The average molecular weight is 429 g/mol. The molecule has 0 saturated carbocycles. The zero-order valence-corrected chi connectivity index (χ0v) is 20.1. The Morgan fingerprint density at radius 2 is 1.68 bits per heavy atom. The highest BCUT2D eigenvalue weighted by Gasteiger charge is 2.23. The minimum atomic E-state index is -0.278. The molecule has 0 bridgehead atoms. The molecular formula is C24H36N4O3. The van der Waals surface area contributed by atoms with Crippen molar-refractivity contribution in [1.29, 1.82) is 0 Å². The Balaban J connectivity index is 2.14. The predicted octanol–water partition coefficient (Wildman–Crippen LogP) is 3.74. The van der Waals surface area contributed by atoms with Crippen molar-refractivity contribution in [3.8, 4) is 0 Å². The predicted molar refractivity (Wildman–Crippen MR) is 123 cm³/mol. The highest BCUT2D eigenvalue weighted by molar-refractivity contribution is 5.99. The van der Waals surface area contributed by atoms with Crippen LogP contribution in [0.4, 0.5) is 5.82 Å². The van der Waals surface area contributed by atoms with Crippen LogP contribution in [0, 0.1) is 0 Å². The molecule has 0 aliphatic heterocycles. The number of nitrogens with zero attached hydrogens (tertiary/aromatic N) is 3. The molecule has 2 amide bonds. The Hall–Kier alpha value is -2.67. The molecule has 0 aliphatic rings. The molecule has 2 rings (SSSR count). The summed E-state index contributed by atoms with van der Waals surface area (Å²) in [6, 6.07) is 9.43. The molecule has 0 saturated heterocycles. The zero-order chi connectivity index (χ0) is 23.4. The van der Waals surface area contributed by atoms with Gasteiger partial charge in [0.05, 0.1) is 12.3 Å². The molecule has 31 heavy (non-hydrogen) atoms. The van der Waals surface area contributed by atoms with E-state index in [9.17, 15) is 9.59 Å². The first-order chi connectivity index (χ1) is 14.3. The van der Waals surface area contributed by atoms with Crippen molar-refractivity contribution in [3.63, 3.8) is 0 Å². The van der Waals surface area contributed by atoms with Gasteiger partial charge < -0.3 is 15.0 Å². The fourth-order valence-corrected chi connectivity index (χ4v) is 3.06. The maximum Gasteiger partial charge on any atom is 0.254 e. The number of hydrogen-bond donors (Lipinski definition) is 1. The molecule has 0 atom stereocenters. The van der Waals surface area contributed by atoms with Gasteiger partial charge in [-0.3, -0.25) is 14.3 Å². The van der Waals surface area contributed by atoms with Gasteiger partial charge in [0.25, 0.3) is 5.91 Å². The summed E-state index contributed by atoms with van der Waals surface area (Å²) in [5.74, 6) is 0.121. The first-order valence-corrected chi connectivity index (χ1v) is 10.6. The van der Waals surface area contributed by atoms with Gasteiger partial charge in [-0.25, -0.2) is 0 Å². The number of ether oxygens (including phenoxy) is 1. The lowest BCUT2D eigenvalue weighted by Crippen LogP contribution is -2.40. The van der Waals surface area contributed by atoms with E-state index in [0.717, 1.165) is 11.3 Å². The van der Waals surface area contributed by atoms with Crippen LogP contribution < -0.4 is 5.32 Å². The lowest BCUT2D eigenvalue weighted by atomic mass is 9.86. The summed E-state index contributed by atoms with van der Waals surface area (Å²) in [5, 5.41) is 7.35. The fraction of sp³-hybridized carbons (Fsp3) is 0.542. The number of nitrogens with one attached hydrogen (secondary N) is 1. The summed E-state index contributed by atoms with van der Waals surface area (Å²) in [7, 11) is 3.36. The van der Waals surface area contributed by atoms with Gasteiger partial charge in [-0.1, -0.05) is 53.7 Å². The number of methoxy groups -OCH3 is 1. The van der Waals surface area contributed by atoms with E-state index in [1.807, 2.05) is 30.3 Å². The van der Waals surface area contributed by atoms with Crippen LogP contribution in [0.5, 0.6) is 0 Å². The van der Waals surface area contributed by atoms with Crippen molar-refractivity contribution in [3.05, 3.63) is 47.2 Å². The van der Waals surface area contributed by atoms with E-state index < -0.39 is 0 Å². The SMILES string of the molecule is COCCN(CC(=O)Nc1cc(C(C)(C)C)nn1C)C(=O)c1ccc(C(C)(C)C)cc1. The Morgan fingerprint density at radius 3 is 2.16 bits per heavy atom. The third-order valence-electron chi connectivity index (χ3n) is 5.10. The number of carbonyl (C=O) groups is 2. The summed E-state index contributed by atoms with van der Waals surface area (Å²) in [6.45, 7) is 13.2. The Kier molecular flexibility index (Phi) is 7.65. The van der Waals surface area contributed by atoms with E-state index in [2.05, 4.69) is 52.0 Å². The van der Waals surface area contributed by atoms with Crippen LogP contribution in [0.25, 0.3) is 0 Å². The first-order valence-electron chi connectivity index (χ1n) is 10.6. The Labute approximate surface area is 185 Å². The van der Waals surface area contributed by atoms with Crippen molar-refractivity contribution in [2.24, 2.45) is 7.05 Å². The van der Waals surface area contributed by atoms with Gasteiger partial charge in [0.2, 0.25) is 5.91 Å². The van der Waals surface area contributed by atoms with Crippen LogP contribution in [-0.4, -0.2) is 53.3 Å². The van der Waals surface area contributed by atoms with Gasteiger partial charge >= 0.3 is 0 Å². The van der Waals surface area contributed by atoms with Crippen molar-refractivity contribution in [1.82, 2.24) is 14.7 Å². The van der Waals surface area contributed by atoms with E-state index in [1.165, 1.54) is 4.90 Å². The second kappa shape index (κ2) is 9.64. The number of aromatic nitrogens is 2. The van der Waals surface area contributed by atoms with E-state index in [1.54, 1.807) is 18.8 Å². The van der Waals surface area contributed by atoms with Crippen LogP contribution in [0.2, 0.25) is 0 Å². The van der Waals surface area contributed by atoms with Crippen LogP contribution in [0.1, 0.15) is 63.2 Å². The molecule has 0 spiro atoms. The second-order valence-electron chi connectivity index (χ2n) is 9.88. The van der Waals surface area contributed by atoms with Crippen LogP contribution in [0.3, 0.4) is 0 Å². The van der Waals surface area contributed by atoms with Crippen LogP contribution >= 0.6 is 0 Å². The van der Waals surface area contributed by atoms with Crippen molar-refractivity contribution >= 4 is 17.6 Å². The largest absolute Gasteiger partial charge is 0.383 e. The van der Waals surface area contributed by atoms with Gasteiger partial charge in [-0.15, -0.1) is 0 Å². The number of carbonyl (C=O) groups excluding carboxylic acids is 2. The van der Waals surface area contributed by atoms with Crippen LogP contribution in [-0.2, 0) is 27.4 Å². The standard InChI is InChI=1S/C24H36N4O3/c1-23(2,3)18-11-9-17(10-12-18)22(30)28(13-14-31-8)16-21(29)25-20-15-19(24(4,5)6)26-27(20)7/h9-12,15H,13-14,16H2,1-8H3,(H,25,29). The summed E-state index contributed by atoms with van der Waals surface area (Å²) < 4.78 is 6.79. The number of hydrogen-bond acceptors (Lipinski definition) is 4. The van der Waals surface area contributed by atoms with Gasteiger partial charge in [0.15, 0.2) is 0 Å². The minimum Gasteiger partial charge on any atom is -0.383 e. The summed E-state index contributed by atoms with van der Waals surface area (Å²) in [4.78, 5) is 27.3. The highest BCUT2D eigenvalue weighted by Crippen LogP contribution is 2.24. The zero-order valence-electron chi connectivity index (χ0n) is 20.1. The normalized spacial score (nSPS) is 12.0. The summed E-state index contributed by atoms with van der Waals surface area (Å²) in [5.41, 5.74) is 2.47. The monoisotopic (exact) mass is 428 g/mol. The quantitative estimate of drug-likeness (QED) is 0.729. The van der Waals surface area contributed by atoms with Gasteiger partial charge in [0, 0.05) is 37.7 Å². The highest BCUT2D eigenvalue weighted by atomic mass is 16.5. The molecule has 1 aromatic carbocycles. The third-order valence-corrected chi connectivity index (χ3v) is 5.10. The topological polar surface area (TPSA) is 76.5 Å². The average Bonchev–Trinajstić information content (AvgIpc) is 3.04. The lowest BCUT2D eigenvalue weighted by Gasteiger charge is -2.23. The number of rotatable bonds is 7. The molecule has 2 aromatic rings. The summed E-state index contributed by atoms with van der Waals surface area (Å²) in [6.07, 6.45) is 0. The number of amides is 2. The molecule has 0 radical (unpaired) electrons. The Morgan fingerprint density at radius 1 is 1.06 bits per heavy atom. The van der Waals surface area contributed by atoms with Gasteiger partial charge in [-0.2, -0.15) is 5.10 Å². The molecule has 1 heterocycles. The van der Waals surface area contributed by atoms with E-state index in [-0.39, 0.29) is 29.2 Å². The summed E-state index contributed by atoms with van der Waals surface area (Å²) >= 11 is 0. The second-order valence-corrected chi connectivity index (χ2v) is 9.88. The fourth-order valence-electron chi connectivity index (χ4n) is 3.06. The lowest BCUT2D eigenvalue weighted by molar-refractivity contribution is -0.117. The number of aryl methyl sites for hydroxylation is 1. The molecule has 0 aliphatic carbocycles. The van der Waals surface area contributed by atoms with Crippen molar-refractivity contribution in [2.45, 2.75) is 52.4 Å². The molecule has 7 heteroatoms. The molecule has 1 aromatic heterocycles. The maximum absolute atomic E-state index is 13.1. The smallest absolute Gasteiger partial charge is 0.254 e. The first kappa shape index (κ1) is 24.6. The molecule has 0 fully saturated rings. The molecule has 1 N–H and O–H groups in total. The van der Waals surface area contributed by atoms with Gasteiger partial charge in [-0.05, 0) is 23.1 Å². The molecular weight excluding hydrogens is 392 g/mol. The minimum absolute atomic E-state index is 0.00616. The van der Waals surface area contributed by atoms with E-state index in [4.69, 9.17) is 4.74 Å². The Bertz CT molecular complexity index is 902. The molecule has 170 valence electrons. The third kappa shape index (κ3) is 6.66. The number of benzene rings is 1. The maximum atomic E-state index is 13.1. The number of anilines is 1. The molecule has 0 unspecified atom stereocenters. The van der Waals surface area contributed by atoms with Crippen molar-refractivity contribution in [2.75, 3.05) is 32.1 Å².